The molecule has 0 fully saturated rings. The van der Waals surface area contributed by atoms with E-state index in [2.05, 4.69) is 0 Å². The summed E-state index contributed by atoms with van der Waals surface area (Å²) in [7, 11) is 0. The lowest BCUT2D eigenvalue weighted by Crippen LogP contribution is -2.20. The van der Waals surface area contributed by atoms with Crippen molar-refractivity contribution < 1.29 is 9.90 Å². The Bertz CT molecular complexity index is 583. The quantitative estimate of drug-likeness (QED) is 0.516. The van der Waals surface area contributed by atoms with Crippen molar-refractivity contribution in [1.82, 2.24) is 0 Å². The van der Waals surface area contributed by atoms with Crippen LogP contribution in [0.15, 0.2) is 34.2 Å². The fourth-order valence-corrected chi connectivity index (χ4v) is 3.14. The summed E-state index contributed by atoms with van der Waals surface area (Å²) in [6.07, 6.45) is 0. The van der Waals surface area contributed by atoms with E-state index in [1.165, 1.54) is 4.31 Å². The molecule has 1 N–H and O–H groups in total. The number of benzene rings is 1. The van der Waals surface area contributed by atoms with Crippen molar-refractivity contribution in [1.29, 1.82) is 5.26 Å². The van der Waals surface area contributed by atoms with Gasteiger partial charge in [0.15, 0.2) is 5.50 Å². The molecule has 0 aliphatic carbocycles. The molecular weight excluding hydrogens is 295 g/mol. The van der Waals surface area contributed by atoms with Gasteiger partial charge in [-0.1, -0.05) is 35.3 Å². The molecule has 0 spiro atoms. The molecule has 2 rings (SSSR count). The third kappa shape index (κ3) is 2.15. The maximum absolute atomic E-state index is 11.0. The number of carbonyl (C=O) groups is 1. The second kappa shape index (κ2) is 5.11. The third-order valence-electron chi connectivity index (χ3n) is 2.28. The molecule has 0 saturated carbocycles. The first-order chi connectivity index (χ1) is 8.56. The molecule has 1 aromatic rings. The topological polar surface area (TPSA) is 64.3 Å². The summed E-state index contributed by atoms with van der Waals surface area (Å²) in [5.74, 6) is -1.13. The zero-order valence-electron chi connectivity index (χ0n) is 8.80. The molecule has 18 heavy (non-hydrogen) atoms. The zero-order valence-corrected chi connectivity index (χ0v) is 11.1. The molecule has 1 aliphatic heterocycles. The van der Waals surface area contributed by atoms with Gasteiger partial charge in [0.1, 0.15) is 11.0 Å². The highest BCUT2D eigenvalue weighted by molar-refractivity contribution is 8.05. The number of carboxylic acids is 1. The van der Waals surface area contributed by atoms with E-state index >= 15 is 0 Å². The SMILES string of the molecule is N#Cc1ccccc1N1SC(C(=O)O)=C(Cl)C1Cl. The summed E-state index contributed by atoms with van der Waals surface area (Å²) in [6.45, 7) is 0. The van der Waals surface area contributed by atoms with Crippen LogP contribution in [0.2, 0.25) is 0 Å². The van der Waals surface area contributed by atoms with Crippen LogP contribution >= 0.6 is 35.1 Å². The largest absolute Gasteiger partial charge is 0.477 e. The highest BCUT2D eigenvalue weighted by atomic mass is 35.5. The van der Waals surface area contributed by atoms with E-state index in [0.717, 1.165) is 11.9 Å². The summed E-state index contributed by atoms with van der Waals surface area (Å²) < 4.78 is 1.51. The number of para-hydroxylation sites is 1. The van der Waals surface area contributed by atoms with Crippen LogP contribution in [0.25, 0.3) is 0 Å². The maximum Gasteiger partial charge on any atom is 0.345 e. The fourth-order valence-electron chi connectivity index (χ4n) is 1.47. The summed E-state index contributed by atoms with van der Waals surface area (Å²) in [4.78, 5) is 11.0. The molecule has 4 nitrogen and oxygen atoms in total. The average Bonchev–Trinajstić information content (AvgIpc) is 2.66. The van der Waals surface area contributed by atoms with E-state index in [4.69, 9.17) is 33.6 Å². The summed E-state index contributed by atoms with van der Waals surface area (Å²) in [6, 6.07) is 8.82. The average molecular weight is 301 g/mol. The molecule has 1 aliphatic rings. The molecule has 0 radical (unpaired) electrons. The third-order valence-corrected chi connectivity index (χ3v) is 4.61. The van der Waals surface area contributed by atoms with Crippen molar-refractivity contribution >= 4 is 46.8 Å². The van der Waals surface area contributed by atoms with E-state index < -0.39 is 11.5 Å². The van der Waals surface area contributed by atoms with Crippen LogP contribution in [0.1, 0.15) is 5.56 Å². The molecule has 0 bridgehead atoms. The Hall–Kier alpha value is -1.35. The van der Waals surface area contributed by atoms with Crippen LogP contribution in [0, 0.1) is 11.3 Å². The van der Waals surface area contributed by atoms with E-state index in [1.807, 2.05) is 6.07 Å². The summed E-state index contributed by atoms with van der Waals surface area (Å²) in [5, 5.41) is 18.1. The zero-order chi connectivity index (χ0) is 13.3. The molecule has 0 aromatic heterocycles. The van der Waals surface area contributed by atoms with Gasteiger partial charge in [-0.3, -0.25) is 4.31 Å². The Labute approximate surface area is 118 Å². The lowest BCUT2D eigenvalue weighted by atomic mass is 10.2. The first kappa shape index (κ1) is 13.1. The van der Waals surface area contributed by atoms with Crippen LogP contribution < -0.4 is 4.31 Å². The van der Waals surface area contributed by atoms with Gasteiger partial charge in [-0.25, -0.2) is 4.79 Å². The van der Waals surface area contributed by atoms with Crippen molar-refractivity contribution in [2.75, 3.05) is 4.31 Å². The normalized spacial score (nSPS) is 18.9. The molecule has 1 unspecified atom stereocenters. The molecule has 92 valence electrons. The Kier molecular flexibility index (Phi) is 3.71. The maximum atomic E-state index is 11.0. The van der Waals surface area contributed by atoms with E-state index in [-0.39, 0.29) is 9.94 Å². The number of aliphatic carboxylic acids is 1. The van der Waals surface area contributed by atoms with Crippen LogP contribution in [-0.4, -0.2) is 16.6 Å². The number of halogens is 2. The van der Waals surface area contributed by atoms with Crippen molar-refractivity contribution in [3.8, 4) is 6.07 Å². The Balaban J connectivity index is 2.40. The van der Waals surface area contributed by atoms with Crippen molar-refractivity contribution in [2.45, 2.75) is 5.50 Å². The summed E-state index contributed by atoms with van der Waals surface area (Å²) in [5.41, 5.74) is 0.156. The first-order valence-corrected chi connectivity index (χ1v) is 6.38. The highest BCUT2D eigenvalue weighted by Gasteiger charge is 2.36. The number of hydrogen-bond donors (Lipinski definition) is 1. The predicted molar refractivity (Wildman–Crippen MR) is 71.4 cm³/mol. The van der Waals surface area contributed by atoms with Crippen molar-refractivity contribution in [2.24, 2.45) is 0 Å². The van der Waals surface area contributed by atoms with E-state index in [0.29, 0.717) is 11.3 Å². The molecule has 0 amide bonds. The molecular formula is C11H6Cl2N2O2S. The lowest BCUT2D eigenvalue weighted by Gasteiger charge is -2.21. The van der Waals surface area contributed by atoms with Gasteiger partial charge in [-0.05, 0) is 24.1 Å². The predicted octanol–water partition coefficient (Wildman–Crippen LogP) is 3.13. The Morgan fingerprint density at radius 1 is 1.50 bits per heavy atom. The minimum absolute atomic E-state index is 0.0237. The van der Waals surface area contributed by atoms with Gasteiger partial charge in [-0.2, -0.15) is 5.26 Å². The standard InChI is InChI=1S/C11H6Cl2N2O2S/c12-8-9(11(16)17)18-15(10(8)13)7-4-2-1-3-6(7)5-14/h1-4,10H,(H,16,17). The molecule has 7 heteroatoms. The molecule has 0 saturated heterocycles. The van der Waals surface area contributed by atoms with Crippen molar-refractivity contribution in [3.63, 3.8) is 0 Å². The van der Waals surface area contributed by atoms with Crippen LogP contribution in [0.3, 0.4) is 0 Å². The minimum Gasteiger partial charge on any atom is -0.477 e. The number of nitrogens with zero attached hydrogens (tertiary/aromatic N) is 2. The van der Waals surface area contributed by atoms with Gasteiger partial charge >= 0.3 is 5.97 Å². The molecule has 1 atom stereocenters. The van der Waals surface area contributed by atoms with Crippen LogP contribution in [0.4, 0.5) is 5.69 Å². The number of anilines is 1. The number of carboxylic acid groups (broad SMARTS) is 1. The summed E-state index contributed by atoms with van der Waals surface area (Å²) >= 11 is 12.9. The van der Waals surface area contributed by atoms with Crippen LogP contribution in [0.5, 0.6) is 0 Å². The second-order valence-corrected chi connectivity index (χ2v) is 5.17. The van der Waals surface area contributed by atoms with Gasteiger partial charge in [0.2, 0.25) is 0 Å². The number of hydrogen-bond acceptors (Lipinski definition) is 4. The lowest BCUT2D eigenvalue weighted by molar-refractivity contribution is -0.131. The van der Waals surface area contributed by atoms with Gasteiger partial charge in [0.05, 0.1) is 16.3 Å². The Morgan fingerprint density at radius 2 is 2.17 bits per heavy atom. The van der Waals surface area contributed by atoms with Gasteiger partial charge < -0.3 is 5.11 Å². The smallest absolute Gasteiger partial charge is 0.345 e. The Morgan fingerprint density at radius 3 is 2.72 bits per heavy atom. The van der Waals surface area contributed by atoms with Gasteiger partial charge in [0.25, 0.3) is 0 Å². The number of rotatable bonds is 2. The monoisotopic (exact) mass is 300 g/mol. The molecule has 1 heterocycles. The van der Waals surface area contributed by atoms with Gasteiger partial charge in [0, 0.05) is 0 Å². The fraction of sp³-hybridized carbons (Fsp3) is 0.0909. The number of alkyl halides is 1. The van der Waals surface area contributed by atoms with E-state index in [9.17, 15) is 4.79 Å². The molecule has 1 aromatic carbocycles. The second-order valence-electron chi connectivity index (χ2n) is 3.36. The van der Waals surface area contributed by atoms with Crippen molar-refractivity contribution in [3.05, 3.63) is 39.8 Å². The minimum atomic E-state index is -1.13. The van der Waals surface area contributed by atoms with E-state index in [1.54, 1.807) is 24.3 Å². The first-order valence-electron chi connectivity index (χ1n) is 4.79. The van der Waals surface area contributed by atoms with Gasteiger partial charge in [-0.15, -0.1) is 0 Å². The van der Waals surface area contributed by atoms with Crippen LogP contribution in [-0.2, 0) is 4.79 Å². The number of nitriles is 1. The highest BCUT2D eigenvalue weighted by Crippen LogP contribution is 2.45.